The second-order valence-electron chi connectivity index (χ2n) is 5.52. The van der Waals surface area contributed by atoms with Gasteiger partial charge >= 0.3 is 0 Å². The molecule has 2 heterocycles. The minimum atomic E-state index is 0.439. The third kappa shape index (κ3) is 1.67. The van der Waals surface area contributed by atoms with Crippen LogP contribution in [0.1, 0.15) is 39.2 Å². The summed E-state index contributed by atoms with van der Waals surface area (Å²) in [4.78, 5) is 8.88. The topological polar surface area (TPSA) is 56.7 Å². The van der Waals surface area contributed by atoms with Crippen LogP contribution in [0, 0.1) is 11.8 Å². The van der Waals surface area contributed by atoms with Crippen molar-refractivity contribution in [3.8, 4) is 0 Å². The van der Waals surface area contributed by atoms with Crippen LogP contribution in [0.4, 0.5) is 5.95 Å². The van der Waals surface area contributed by atoms with Crippen molar-refractivity contribution in [3.63, 3.8) is 0 Å². The Hall–Kier alpha value is -1.58. The highest BCUT2D eigenvalue weighted by Gasteiger charge is 2.30. The van der Waals surface area contributed by atoms with E-state index >= 15 is 0 Å². The molecule has 4 heteroatoms. The summed E-state index contributed by atoms with van der Waals surface area (Å²) >= 11 is 0. The summed E-state index contributed by atoms with van der Waals surface area (Å²) in [5.41, 5.74) is 7.94. The van der Waals surface area contributed by atoms with Gasteiger partial charge in [0.25, 0.3) is 0 Å². The number of fused-ring (bicyclic) bond motifs is 1. The van der Waals surface area contributed by atoms with Crippen LogP contribution in [0.15, 0.2) is 18.3 Å². The number of nitrogen functional groups attached to an aromatic ring is 1. The molecule has 0 aromatic carbocycles. The third-order valence-corrected chi connectivity index (χ3v) is 4.47. The van der Waals surface area contributed by atoms with Crippen LogP contribution in [0.3, 0.4) is 0 Å². The summed E-state index contributed by atoms with van der Waals surface area (Å²) < 4.78 is 2.15. The van der Waals surface area contributed by atoms with Crippen LogP contribution in [0.2, 0.25) is 0 Å². The van der Waals surface area contributed by atoms with Crippen molar-refractivity contribution in [1.82, 2.24) is 14.5 Å². The molecule has 0 saturated heterocycles. The number of hydrogen-bond acceptors (Lipinski definition) is 3. The molecule has 96 valence electrons. The zero-order chi connectivity index (χ0) is 12.7. The zero-order valence-corrected chi connectivity index (χ0v) is 11.0. The van der Waals surface area contributed by atoms with E-state index < -0.39 is 0 Å². The zero-order valence-electron chi connectivity index (χ0n) is 11.0. The molecule has 2 aromatic heterocycles. The lowest BCUT2D eigenvalue weighted by Gasteiger charge is -2.35. The SMILES string of the molecule is CC1CCCC(n2c(N)nc3cccnc32)C1C. The first kappa shape index (κ1) is 11.5. The van der Waals surface area contributed by atoms with Gasteiger partial charge in [-0.3, -0.25) is 4.57 Å². The third-order valence-electron chi connectivity index (χ3n) is 4.47. The summed E-state index contributed by atoms with van der Waals surface area (Å²) in [5.74, 6) is 1.97. The molecule has 0 bridgehead atoms. The molecule has 0 radical (unpaired) electrons. The maximum atomic E-state index is 6.10. The predicted octanol–water partition coefficient (Wildman–Crippen LogP) is 3.01. The second kappa shape index (κ2) is 4.26. The Morgan fingerprint density at radius 3 is 3.00 bits per heavy atom. The van der Waals surface area contributed by atoms with Crippen molar-refractivity contribution in [2.45, 2.75) is 39.2 Å². The van der Waals surface area contributed by atoms with Gasteiger partial charge in [-0.1, -0.05) is 26.7 Å². The van der Waals surface area contributed by atoms with Gasteiger partial charge in [-0.2, -0.15) is 0 Å². The Morgan fingerprint density at radius 2 is 2.17 bits per heavy atom. The van der Waals surface area contributed by atoms with E-state index in [9.17, 15) is 0 Å². The van der Waals surface area contributed by atoms with Crippen LogP contribution >= 0.6 is 0 Å². The summed E-state index contributed by atoms with van der Waals surface area (Å²) in [6.45, 7) is 4.66. The minimum absolute atomic E-state index is 0.439. The van der Waals surface area contributed by atoms with Gasteiger partial charge in [-0.25, -0.2) is 9.97 Å². The molecule has 1 saturated carbocycles. The standard InChI is InChI=1S/C14H20N4/c1-9-5-3-7-12(10(9)2)18-13-11(17-14(18)15)6-4-8-16-13/h4,6,8-10,12H,3,5,7H2,1-2H3,(H2,15,17). The van der Waals surface area contributed by atoms with Crippen LogP contribution < -0.4 is 5.73 Å². The molecule has 1 fully saturated rings. The van der Waals surface area contributed by atoms with E-state index in [1.165, 1.54) is 19.3 Å². The molecule has 2 aromatic rings. The molecule has 3 atom stereocenters. The van der Waals surface area contributed by atoms with Crippen molar-refractivity contribution in [1.29, 1.82) is 0 Å². The van der Waals surface area contributed by atoms with E-state index in [4.69, 9.17) is 5.73 Å². The Kier molecular flexibility index (Phi) is 2.73. The van der Waals surface area contributed by atoms with Crippen LogP contribution in [-0.2, 0) is 0 Å². The first-order chi connectivity index (χ1) is 8.68. The van der Waals surface area contributed by atoms with Crippen LogP contribution in [0.5, 0.6) is 0 Å². The fraction of sp³-hybridized carbons (Fsp3) is 0.571. The number of imidazole rings is 1. The van der Waals surface area contributed by atoms with E-state index in [0.717, 1.165) is 17.1 Å². The number of anilines is 1. The maximum absolute atomic E-state index is 6.10. The monoisotopic (exact) mass is 244 g/mol. The van der Waals surface area contributed by atoms with Gasteiger partial charge in [0, 0.05) is 12.2 Å². The second-order valence-corrected chi connectivity index (χ2v) is 5.52. The average molecular weight is 244 g/mol. The molecule has 1 aliphatic carbocycles. The number of hydrogen-bond donors (Lipinski definition) is 1. The fourth-order valence-corrected chi connectivity index (χ4v) is 3.19. The van der Waals surface area contributed by atoms with Gasteiger partial charge in [-0.15, -0.1) is 0 Å². The molecular weight excluding hydrogens is 224 g/mol. The molecule has 4 nitrogen and oxygen atoms in total. The van der Waals surface area contributed by atoms with Crippen molar-refractivity contribution >= 4 is 17.1 Å². The highest BCUT2D eigenvalue weighted by molar-refractivity contribution is 5.74. The van der Waals surface area contributed by atoms with E-state index in [2.05, 4.69) is 28.4 Å². The molecule has 2 N–H and O–H groups in total. The van der Waals surface area contributed by atoms with Gasteiger partial charge in [-0.05, 0) is 30.4 Å². The van der Waals surface area contributed by atoms with Gasteiger partial charge in [0.15, 0.2) is 5.65 Å². The lowest BCUT2D eigenvalue weighted by atomic mass is 9.78. The number of pyridine rings is 1. The molecule has 0 amide bonds. The van der Waals surface area contributed by atoms with Gasteiger partial charge < -0.3 is 5.73 Å². The van der Waals surface area contributed by atoms with E-state index in [0.29, 0.717) is 17.9 Å². The average Bonchev–Trinajstić information content (AvgIpc) is 2.69. The van der Waals surface area contributed by atoms with Crippen molar-refractivity contribution in [3.05, 3.63) is 18.3 Å². The summed E-state index contributed by atoms with van der Waals surface area (Å²) in [6, 6.07) is 4.33. The number of nitrogens with two attached hydrogens (primary N) is 1. The predicted molar refractivity (Wildman–Crippen MR) is 73.2 cm³/mol. The molecular formula is C14H20N4. The van der Waals surface area contributed by atoms with Gasteiger partial charge in [0.05, 0.1) is 0 Å². The van der Waals surface area contributed by atoms with E-state index in [1.807, 2.05) is 18.3 Å². The van der Waals surface area contributed by atoms with Crippen molar-refractivity contribution < 1.29 is 0 Å². The highest BCUT2D eigenvalue weighted by atomic mass is 15.2. The number of rotatable bonds is 1. The summed E-state index contributed by atoms with van der Waals surface area (Å²) in [5, 5.41) is 0. The number of nitrogens with zero attached hydrogens (tertiary/aromatic N) is 3. The van der Waals surface area contributed by atoms with Crippen molar-refractivity contribution in [2.75, 3.05) is 5.73 Å². The highest BCUT2D eigenvalue weighted by Crippen LogP contribution is 2.39. The summed E-state index contributed by atoms with van der Waals surface area (Å²) in [6.07, 6.45) is 5.58. The van der Waals surface area contributed by atoms with E-state index in [1.54, 1.807) is 0 Å². The largest absolute Gasteiger partial charge is 0.369 e. The molecule has 3 unspecified atom stereocenters. The first-order valence-electron chi connectivity index (χ1n) is 6.77. The minimum Gasteiger partial charge on any atom is -0.369 e. The normalized spacial score (nSPS) is 28.7. The Bertz CT molecular complexity index is 560. The Balaban J connectivity index is 2.10. The lowest BCUT2D eigenvalue weighted by Crippen LogP contribution is -2.27. The van der Waals surface area contributed by atoms with Gasteiger partial charge in [0.2, 0.25) is 5.95 Å². The molecule has 0 aliphatic heterocycles. The first-order valence-corrected chi connectivity index (χ1v) is 6.77. The maximum Gasteiger partial charge on any atom is 0.202 e. The van der Waals surface area contributed by atoms with E-state index in [-0.39, 0.29) is 0 Å². The Morgan fingerprint density at radius 1 is 1.33 bits per heavy atom. The molecule has 1 aliphatic rings. The lowest BCUT2D eigenvalue weighted by molar-refractivity contribution is 0.191. The van der Waals surface area contributed by atoms with Gasteiger partial charge in [0.1, 0.15) is 5.52 Å². The molecule has 0 spiro atoms. The number of aromatic nitrogens is 3. The molecule has 18 heavy (non-hydrogen) atoms. The molecule has 3 rings (SSSR count). The van der Waals surface area contributed by atoms with Crippen LogP contribution in [0.25, 0.3) is 11.2 Å². The van der Waals surface area contributed by atoms with Crippen molar-refractivity contribution in [2.24, 2.45) is 11.8 Å². The van der Waals surface area contributed by atoms with Crippen LogP contribution in [-0.4, -0.2) is 14.5 Å². The quantitative estimate of drug-likeness (QED) is 0.839. The fourth-order valence-electron chi connectivity index (χ4n) is 3.19. The smallest absolute Gasteiger partial charge is 0.202 e. The Labute approximate surface area is 107 Å². The summed E-state index contributed by atoms with van der Waals surface area (Å²) in [7, 11) is 0.